The van der Waals surface area contributed by atoms with Crippen LogP contribution in [0.5, 0.6) is 0 Å². The average molecular weight is 334 g/mol. The van der Waals surface area contributed by atoms with E-state index in [-0.39, 0.29) is 5.97 Å². The zero-order chi connectivity index (χ0) is 17.4. The van der Waals surface area contributed by atoms with Gasteiger partial charge in [-0.3, -0.25) is 4.90 Å². The van der Waals surface area contributed by atoms with Crippen molar-refractivity contribution < 1.29 is 9.63 Å². The van der Waals surface area contributed by atoms with Crippen LogP contribution in [0.1, 0.15) is 37.8 Å². The highest BCUT2D eigenvalue weighted by atomic mass is 16.7. The van der Waals surface area contributed by atoms with Gasteiger partial charge in [0.15, 0.2) is 0 Å². The molecule has 0 saturated carbocycles. The third kappa shape index (κ3) is 2.67. The number of oxime groups is 1. The van der Waals surface area contributed by atoms with E-state index in [4.69, 9.17) is 4.84 Å². The molecule has 0 unspecified atom stereocenters. The number of carbonyl (C=O) groups excluding carboxylic acids is 1. The fraction of sp³-hybridized carbons (Fsp3) is 0.333. The summed E-state index contributed by atoms with van der Waals surface area (Å²) in [6.07, 6.45) is 2.26. The maximum absolute atomic E-state index is 12.7. The molecular weight excluding hydrogens is 312 g/mol. The Hall–Kier alpha value is -2.46. The van der Waals surface area contributed by atoms with Gasteiger partial charge in [0.05, 0.1) is 0 Å². The maximum atomic E-state index is 12.7. The van der Waals surface area contributed by atoms with Gasteiger partial charge < -0.3 is 4.84 Å². The van der Waals surface area contributed by atoms with Crippen molar-refractivity contribution in [2.24, 2.45) is 5.16 Å². The first kappa shape index (κ1) is 16.0. The van der Waals surface area contributed by atoms with Gasteiger partial charge >= 0.3 is 5.97 Å². The third-order valence-corrected chi connectivity index (χ3v) is 5.27. The van der Waals surface area contributed by atoms with Crippen LogP contribution in [0.3, 0.4) is 0 Å². The zero-order valence-corrected chi connectivity index (χ0v) is 14.7. The Morgan fingerprint density at radius 3 is 1.92 bits per heavy atom. The second-order valence-electron chi connectivity index (χ2n) is 7.16. The van der Waals surface area contributed by atoms with E-state index in [1.54, 1.807) is 0 Å². The fourth-order valence-electron chi connectivity index (χ4n) is 3.70. The molecule has 1 saturated heterocycles. The lowest BCUT2D eigenvalue weighted by molar-refractivity contribution is -0.155. The molecule has 1 heterocycles. The average Bonchev–Trinajstić information content (AvgIpc) is 3.27. The Morgan fingerprint density at radius 2 is 1.40 bits per heavy atom. The Balaban J connectivity index is 1.64. The molecule has 4 heteroatoms. The van der Waals surface area contributed by atoms with E-state index in [2.05, 4.69) is 22.2 Å². The number of likely N-dealkylation sites (tertiary alicyclic amines) is 1. The monoisotopic (exact) mass is 334 g/mol. The second-order valence-corrected chi connectivity index (χ2v) is 7.16. The molecule has 0 spiro atoms. The molecule has 2 aromatic rings. The first-order chi connectivity index (χ1) is 12.1. The molecule has 2 aromatic carbocycles. The molecule has 1 aliphatic carbocycles. The molecule has 1 aliphatic heterocycles. The van der Waals surface area contributed by atoms with Gasteiger partial charge in [-0.05, 0) is 50.9 Å². The lowest BCUT2D eigenvalue weighted by atomic mass is 10.0. The summed E-state index contributed by atoms with van der Waals surface area (Å²) >= 11 is 0. The lowest BCUT2D eigenvalue weighted by Gasteiger charge is -2.31. The molecule has 2 aliphatic rings. The topological polar surface area (TPSA) is 41.9 Å². The first-order valence-electron chi connectivity index (χ1n) is 8.83. The van der Waals surface area contributed by atoms with Crippen LogP contribution in [0.25, 0.3) is 11.1 Å². The Bertz CT molecular complexity index is 801. The summed E-state index contributed by atoms with van der Waals surface area (Å²) in [6, 6.07) is 16.2. The van der Waals surface area contributed by atoms with Crippen LogP contribution in [-0.2, 0) is 9.63 Å². The predicted octanol–water partition coefficient (Wildman–Crippen LogP) is 3.84. The van der Waals surface area contributed by atoms with Gasteiger partial charge in [-0.15, -0.1) is 0 Å². The summed E-state index contributed by atoms with van der Waals surface area (Å²) in [5.41, 5.74) is 4.36. The summed E-state index contributed by atoms with van der Waals surface area (Å²) in [4.78, 5) is 20.3. The summed E-state index contributed by atoms with van der Waals surface area (Å²) in [7, 11) is 0. The van der Waals surface area contributed by atoms with E-state index in [9.17, 15) is 4.79 Å². The standard InChI is InChI=1S/C21H22N2O2/c1-21(2,23-13-7-8-14-23)20(24)25-22-19-17-11-5-3-9-15(17)16-10-4-6-12-18(16)19/h3-6,9-12H,7-8,13-14H2,1-2H3. The van der Waals surface area contributed by atoms with Crippen LogP contribution in [0.2, 0.25) is 0 Å². The normalized spacial score (nSPS) is 16.5. The molecule has 0 radical (unpaired) electrons. The summed E-state index contributed by atoms with van der Waals surface area (Å²) in [5.74, 6) is -0.302. The van der Waals surface area contributed by atoms with E-state index in [0.717, 1.165) is 53.9 Å². The minimum absolute atomic E-state index is 0.302. The number of hydrogen-bond donors (Lipinski definition) is 0. The maximum Gasteiger partial charge on any atom is 0.354 e. The van der Waals surface area contributed by atoms with Crippen molar-refractivity contribution in [2.75, 3.05) is 13.1 Å². The van der Waals surface area contributed by atoms with E-state index >= 15 is 0 Å². The summed E-state index contributed by atoms with van der Waals surface area (Å²) in [5, 5.41) is 4.28. The number of fused-ring (bicyclic) bond motifs is 3. The molecule has 0 N–H and O–H groups in total. The number of benzene rings is 2. The Kier molecular flexibility index (Phi) is 3.92. The van der Waals surface area contributed by atoms with Crippen molar-refractivity contribution in [1.29, 1.82) is 0 Å². The van der Waals surface area contributed by atoms with Crippen LogP contribution in [0.15, 0.2) is 53.7 Å². The highest BCUT2D eigenvalue weighted by Crippen LogP contribution is 2.36. The molecular formula is C21H22N2O2. The van der Waals surface area contributed by atoms with E-state index < -0.39 is 5.54 Å². The van der Waals surface area contributed by atoms with E-state index in [0.29, 0.717) is 0 Å². The van der Waals surface area contributed by atoms with Crippen LogP contribution in [0, 0.1) is 0 Å². The van der Waals surface area contributed by atoms with Crippen LogP contribution >= 0.6 is 0 Å². The van der Waals surface area contributed by atoms with Crippen LogP contribution < -0.4 is 0 Å². The van der Waals surface area contributed by atoms with Gasteiger partial charge in [0, 0.05) is 11.1 Å². The number of hydrogen-bond acceptors (Lipinski definition) is 4. The molecule has 128 valence electrons. The molecule has 1 fully saturated rings. The molecule has 0 aromatic heterocycles. The van der Waals surface area contributed by atoms with Gasteiger partial charge in [0.2, 0.25) is 0 Å². The highest BCUT2D eigenvalue weighted by Gasteiger charge is 2.38. The van der Waals surface area contributed by atoms with Crippen molar-refractivity contribution in [3.05, 3.63) is 59.7 Å². The molecule has 4 rings (SSSR count). The van der Waals surface area contributed by atoms with Gasteiger partial charge in [0.25, 0.3) is 0 Å². The molecule has 25 heavy (non-hydrogen) atoms. The van der Waals surface area contributed by atoms with Crippen molar-refractivity contribution >= 4 is 11.7 Å². The fourth-order valence-corrected chi connectivity index (χ4v) is 3.70. The smallest absolute Gasteiger partial charge is 0.316 e. The second kappa shape index (κ2) is 6.12. The molecule has 4 nitrogen and oxygen atoms in total. The van der Waals surface area contributed by atoms with Gasteiger partial charge in [-0.25, -0.2) is 4.79 Å². The van der Waals surface area contributed by atoms with E-state index in [1.165, 1.54) is 0 Å². The highest BCUT2D eigenvalue weighted by molar-refractivity contribution is 6.24. The van der Waals surface area contributed by atoms with Crippen molar-refractivity contribution in [1.82, 2.24) is 4.90 Å². The SMILES string of the molecule is CC(C)(C(=O)ON=C1c2ccccc2-c2ccccc21)N1CCCC1. The molecule has 0 bridgehead atoms. The predicted molar refractivity (Wildman–Crippen MR) is 98.5 cm³/mol. The van der Waals surface area contributed by atoms with Crippen molar-refractivity contribution in [2.45, 2.75) is 32.2 Å². The lowest BCUT2D eigenvalue weighted by Crippen LogP contribution is -2.49. The van der Waals surface area contributed by atoms with Crippen molar-refractivity contribution in [3.8, 4) is 11.1 Å². The Labute approximate surface area is 148 Å². The van der Waals surface area contributed by atoms with Crippen molar-refractivity contribution in [3.63, 3.8) is 0 Å². The number of carbonyl (C=O) groups is 1. The minimum atomic E-state index is -0.655. The first-order valence-corrected chi connectivity index (χ1v) is 8.83. The largest absolute Gasteiger partial charge is 0.354 e. The molecule has 0 amide bonds. The van der Waals surface area contributed by atoms with Gasteiger partial charge in [0.1, 0.15) is 11.3 Å². The summed E-state index contributed by atoms with van der Waals surface area (Å²) < 4.78 is 0. The van der Waals surface area contributed by atoms with Crippen LogP contribution in [-0.4, -0.2) is 35.2 Å². The minimum Gasteiger partial charge on any atom is -0.316 e. The number of nitrogens with zero attached hydrogens (tertiary/aromatic N) is 2. The quantitative estimate of drug-likeness (QED) is 0.540. The van der Waals surface area contributed by atoms with Gasteiger partial charge in [-0.2, -0.15) is 0 Å². The molecule has 0 atom stereocenters. The Morgan fingerprint density at radius 1 is 0.920 bits per heavy atom. The van der Waals surface area contributed by atoms with Gasteiger partial charge in [-0.1, -0.05) is 53.7 Å². The van der Waals surface area contributed by atoms with Crippen LogP contribution in [0.4, 0.5) is 0 Å². The number of rotatable bonds is 3. The van der Waals surface area contributed by atoms with E-state index in [1.807, 2.05) is 50.2 Å². The zero-order valence-electron chi connectivity index (χ0n) is 14.7. The summed E-state index contributed by atoms with van der Waals surface area (Å²) in [6.45, 7) is 5.70. The third-order valence-electron chi connectivity index (χ3n) is 5.27.